The molecule has 1 aliphatic heterocycles. The molecule has 0 bridgehead atoms. The van der Waals surface area contributed by atoms with Crippen LogP contribution in [0.5, 0.6) is 0 Å². The predicted octanol–water partition coefficient (Wildman–Crippen LogP) is 1.10. The number of aromatic nitrogens is 4. The van der Waals surface area contributed by atoms with Crippen LogP contribution in [0.15, 0.2) is 24.3 Å². The molecule has 1 unspecified atom stereocenters. The van der Waals surface area contributed by atoms with E-state index in [1.54, 1.807) is 23.7 Å². The Morgan fingerprint density at radius 3 is 2.56 bits per heavy atom. The smallest absolute Gasteiger partial charge is 0.247 e. The van der Waals surface area contributed by atoms with Gasteiger partial charge >= 0.3 is 0 Å². The molecule has 8 heteroatoms. The average Bonchev–Trinajstić information content (AvgIpc) is 3.06. The Morgan fingerprint density at radius 2 is 2.00 bits per heavy atom. The number of likely N-dealkylation sites (tertiary alicyclic amines) is 1. The van der Waals surface area contributed by atoms with E-state index in [9.17, 15) is 9.18 Å². The number of amides is 1. The van der Waals surface area contributed by atoms with Crippen molar-refractivity contribution in [2.75, 3.05) is 19.6 Å². The Balaban J connectivity index is 1.80. The minimum absolute atomic E-state index is 0.00445. The lowest BCUT2D eigenvalue weighted by molar-refractivity contribution is -0.136. The first-order valence-electron chi connectivity index (χ1n) is 8.56. The molecule has 3 rings (SSSR count). The highest BCUT2D eigenvalue weighted by Gasteiger charge is 2.31. The van der Waals surface area contributed by atoms with Crippen LogP contribution in [0.3, 0.4) is 0 Å². The summed E-state index contributed by atoms with van der Waals surface area (Å²) < 4.78 is 14.7. The van der Waals surface area contributed by atoms with Crippen molar-refractivity contribution in [2.45, 2.75) is 32.2 Å². The second-order valence-electron chi connectivity index (χ2n) is 6.52. The van der Waals surface area contributed by atoms with Crippen LogP contribution in [0.25, 0.3) is 0 Å². The van der Waals surface area contributed by atoms with Gasteiger partial charge in [0.25, 0.3) is 0 Å². The summed E-state index contributed by atoms with van der Waals surface area (Å²) in [6.45, 7) is 3.82. The van der Waals surface area contributed by atoms with E-state index >= 15 is 0 Å². The van der Waals surface area contributed by atoms with Crippen LogP contribution in [-0.4, -0.2) is 50.6 Å². The molecule has 25 heavy (non-hydrogen) atoms. The average molecular weight is 346 g/mol. The highest BCUT2D eigenvalue weighted by Crippen LogP contribution is 2.22. The van der Waals surface area contributed by atoms with E-state index in [2.05, 4.69) is 15.5 Å². The summed E-state index contributed by atoms with van der Waals surface area (Å²) >= 11 is 0. The van der Waals surface area contributed by atoms with Gasteiger partial charge in [0.2, 0.25) is 5.91 Å². The number of benzene rings is 1. The van der Waals surface area contributed by atoms with Gasteiger partial charge in [-0.1, -0.05) is 12.1 Å². The van der Waals surface area contributed by atoms with E-state index in [-0.39, 0.29) is 11.7 Å². The summed E-state index contributed by atoms with van der Waals surface area (Å²) in [6.07, 6.45) is 2.25. The molecule has 0 spiro atoms. The van der Waals surface area contributed by atoms with Crippen molar-refractivity contribution in [3.05, 3.63) is 41.5 Å². The van der Waals surface area contributed by atoms with Crippen molar-refractivity contribution in [3.8, 4) is 0 Å². The van der Waals surface area contributed by atoms with E-state index in [1.165, 1.54) is 12.1 Å². The number of nitrogens with zero attached hydrogens (tertiary/aromatic N) is 5. The fourth-order valence-corrected chi connectivity index (χ4v) is 3.25. The number of hydrogen-bond donors (Lipinski definition) is 1. The molecule has 0 radical (unpaired) electrons. The van der Waals surface area contributed by atoms with Crippen LogP contribution in [0.2, 0.25) is 0 Å². The van der Waals surface area contributed by atoms with Crippen LogP contribution in [0.1, 0.15) is 30.3 Å². The standard InChI is InChI=1S/C17H23FN6O/c1-12-20-21-22-24(12)16(10-13-2-4-15(18)5-3-13)17(25)23-8-6-14(11-19)7-9-23/h2-5,14,16H,6-11,19H2,1H3. The second kappa shape index (κ2) is 7.69. The van der Waals surface area contributed by atoms with E-state index in [0.29, 0.717) is 37.8 Å². The van der Waals surface area contributed by atoms with Crippen LogP contribution < -0.4 is 5.73 Å². The summed E-state index contributed by atoms with van der Waals surface area (Å²) in [4.78, 5) is 15.0. The molecule has 2 N–H and O–H groups in total. The lowest BCUT2D eigenvalue weighted by atomic mass is 9.96. The molecule has 1 fully saturated rings. The minimum atomic E-state index is -0.533. The van der Waals surface area contributed by atoms with Gasteiger partial charge in [-0.2, -0.15) is 0 Å². The molecular weight excluding hydrogens is 323 g/mol. The molecule has 7 nitrogen and oxygen atoms in total. The maximum atomic E-state index is 13.2. The lowest BCUT2D eigenvalue weighted by Gasteiger charge is -2.33. The van der Waals surface area contributed by atoms with Gasteiger partial charge in [0.05, 0.1) is 0 Å². The molecule has 1 aliphatic rings. The third-order valence-electron chi connectivity index (χ3n) is 4.84. The molecule has 1 saturated heterocycles. The Kier molecular flexibility index (Phi) is 5.37. The number of aryl methyl sites for hydroxylation is 1. The Labute approximate surface area is 146 Å². The van der Waals surface area contributed by atoms with Crippen LogP contribution in [0, 0.1) is 18.7 Å². The van der Waals surface area contributed by atoms with Gasteiger partial charge in [-0.3, -0.25) is 4.79 Å². The summed E-state index contributed by atoms with van der Waals surface area (Å²) in [5.41, 5.74) is 6.60. The fraction of sp³-hybridized carbons (Fsp3) is 0.529. The highest BCUT2D eigenvalue weighted by atomic mass is 19.1. The number of rotatable bonds is 5. The van der Waals surface area contributed by atoms with E-state index in [1.807, 2.05) is 4.90 Å². The van der Waals surface area contributed by atoms with E-state index < -0.39 is 6.04 Å². The highest BCUT2D eigenvalue weighted by molar-refractivity contribution is 5.80. The molecule has 1 amide bonds. The van der Waals surface area contributed by atoms with Crippen molar-refractivity contribution >= 4 is 5.91 Å². The number of hydrogen-bond acceptors (Lipinski definition) is 5. The molecule has 0 aliphatic carbocycles. The van der Waals surface area contributed by atoms with Crippen LogP contribution >= 0.6 is 0 Å². The molecule has 1 atom stereocenters. The van der Waals surface area contributed by atoms with Crippen LogP contribution in [0.4, 0.5) is 4.39 Å². The van der Waals surface area contributed by atoms with Gasteiger partial charge in [0.15, 0.2) is 0 Å². The lowest BCUT2D eigenvalue weighted by Crippen LogP contribution is -2.44. The van der Waals surface area contributed by atoms with E-state index in [4.69, 9.17) is 5.73 Å². The predicted molar refractivity (Wildman–Crippen MR) is 90.1 cm³/mol. The van der Waals surface area contributed by atoms with E-state index in [0.717, 1.165) is 18.4 Å². The number of carbonyl (C=O) groups excluding carboxylic acids is 1. The molecule has 2 heterocycles. The normalized spacial score (nSPS) is 16.8. The number of tetrazole rings is 1. The molecule has 1 aromatic carbocycles. The largest absolute Gasteiger partial charge is 0.341 e. The van der Waals surface area contributed by atoms with Crippen molar-refractivity contribution in [1.29, 1.82) is 0 Å². The van der Waals surface area contributed by atoms with Gasteiger partial charge in [0, 0.05) is 19.5 Å². The first-order chi connectivity index (χ1) is 12.1. The molecule has 134 valence electrons. The SMILES string of the molecule is Cc1nnnn1C(Cc1ccc(F)cc1)C(=O)N1CCC(CN)CC1. The number of nitrogens with two attached hydrogens (primary N) is 1. The van der Waals surface area contributed by atoms with Crippen LogP contribution in [-0.2, 0) is 11.2 Å². The van der Waals surface area contributed by atoms with Crippen molar-refractivity contribution in [1.82, 2.24) is 25.1 Å². The Morgan fingerprint density at radius 1 is 1.32 bits per heavy atom. The summed E-state index contributed by atoms with van der Waals surface area (Å²) in [5, 5.41) is 11.6. The zero-order chi connectivity index (χ0) is 17.8. The number of piperidine rings is 1. The minimum Gasteiger partial charge on any atom is -0.341 e. The monoisotopic (exact) mass is 346 g/mol. The third-order valence-corrected chi connectivity index (χ3v) is 4.84. The molecule has 1 aromatic heterocycles. The van der Waals surface area contributed by atoms with Crippen molar-refractivity contribution in [2.24, 2.45) is 11.7 Å². The number of halogens is 1. The summed E-state index contributed by atoms with van der Waals surface area (Å²) in [6, 6.07) is 5.65. The van der Waals surface area contributed by atoms with Crippen molar-refractivity contribution in [3.63, 3.8) is 0 Å². The fourth-order valence-electron chi connectivity index (χ4n) is 3.25. The Hall–Kier alpha value is -2.35. The van der Waals surface area contributed by atoms with Gasteiger partial charge in [0.1, 0.15) is 17.7 Å². The zero-order valence-electron chi connectivity index (χ0n) is 14.3. The van der Waals surface area contributed by atoms with Gasteiger partial charge in [-0.05, 0) is 60.4 Å². The zero-order valence-corrected chi connectivity index (χ0v) is 14.3. The maximum Gasteiger partial charge on any atom is 0.247 e. The first kappa shape index (κ1) is 17.5. The second-order valence-corrected chi connectivity index (χ2v) is 6.52. The van der Waals surface area contributed by atoms with Gasteiger partial charge < -0.3 is 10.6 Å². The van der Waals surface area contributed by atoms with Crippen molar-refractivity contribution < 1.29 is 9.18 Å². The summed E-state index contributed by atoms with van der Waals surface area (Å²) in [7, 11) is 0. The molecule has 2 aromatic rings. The quantitative estimate of drug-likeness (QED) is 0.876. The summed E-state index contributed by atoms with van der Waals surface area (Å²) in [5.74, 6) is 0.760. The topological polar surface area (TPSA) is 89.9 Å². The number of carbonyl (C=O) groups is 1. The van der Waals surface area contributed by atoms with Gasteiger partial charge in [-0.25, -0.2) is 9.07 Å². The first-order valence-corrected chi connectivity index (χ1v) is 8.56. The third kappa shape index (κ3) is 4.01. The molecular formula is C17H23FN6O. The van der Waals surface area contributed by atoms with Gasteiger partial charge in [-0.15, -0.1) is 5.10 Å². The molecule has 0 saturated carbocycles. The Bertz CT molecular complexity index is 708. The maximum absolute atomic E-state index is 13.2.